The number of anilines is 2. The molecule has 0 heterocycles. The van der Waals surface area contributed by atoms with Crippen LogP contribution in [0.5, 0.6) is 0 Å². The van der Waals surface area contributed by atoms with Gasteiger partial charge in [-0.05, 0) is 60.2 Å². The fourth-order valence-corrected chi connectivity index (χ4v) is 3.60. The van der Waals surface area contributed by atoms with Crippen molar-refractivity contribution in [3.8, 4) is 0 Å². The van der Waals surface area contributed by atoms with Gasteiger partial charge >= 0.3 is 0 Å². The summed E-state index contributed by atoms with van der Waals surface area (Å²) in [5, 5.41) is 13.2. The summed E-state index contributed by atoms with van der Waals surface area (Å²) in [6.45, 7) is 0. The van der Waals surface area contributed by atoms with Gasteiger partial charge in [0.2, 0.25) is 5.91 Å². The van der Waals surface area contributed by atoms with Gasteiger partial charge in [-0.25, -0.2) is 12.8 Å². The Morgan fingerprint density at radius 1 is 0.968 bits per heavy atom. The zero-order chi connectivity index (χ0) is 22.4. The third-order valence-electron chi connectivity index (χ3n) is 4.08. The number of benzene rings is 3. The molecule has 1 amide bonds. The molecule has 0 saturated heterocycles. The molecule has 0 saturated carbocycles. The van der Waals surface area contributed by atoms with Crippen molar-refractivity contribution in [2.75, 3.05) is 10.0 Å². The van der Waals surface area contributed by atoms with Crippen molar-refractivity contribution in [2.45, 2.75) is 4.90 Å². The topological polar surface area (TPSA) is 118 Å². The first-order valence-electron chi connectivity index (χ1n) is 8.85. The van der Waals surface area contributed by atoms with Crippen molar-refractivity contribution < 1.29 is 22.5 Å². The van der Waals surface area contributed by atoms with Gasteiger partial charge in [-0.2, -0.15) is 0 Å². The van der Waals surface area contributed by atoms with Crippen molar-refractivity contribution in [2.24, 2.45) is 0 Å². The number of rotatable bonds is 7. The molecular weight excluding hydrogens is 425 g/mol. The highest BCUT2D eigenvalue weighted by Crippen LogP contribution is 2.20. The predicted octanol–water partition coefficient (Wildman–Crippen LogP) is 4.19. The summed E-state index contributed by atoms with van der Waals surface area (Å²) in [5.74, 6) is -1.17. The van der Waals surface area contributed by atoms with Gasteiger partial charge in [-0.3, -0.25) is 19.6 Å². The fourth-order valence-electron chi connectivity index (χ4n) is 2.53. The highest BCUT2D eigenvalue weighted by molar-refractivity contribution is 7.92. The summed E-state index contributed by atoms with van der Waals surface area (Å²) >= 11 is 0. The van der Waals surface area contributed by atoms with Crippen molar-refractivity contribution >= 4 is 39.1 Å². The number of nitro groups is 1. The molecule has 8 nitrogen and oxygen atoms in total. The molecule has 158 valence electrons. The minimum absolute atomic E-state index is 0.0545. The number of nitro benzene ring substituents is 1. The summed E-state index contributed by atoms with van der Waals surface area (Å²) in [4.78, 5) is 22.1. The van der Waals surface area contributed by atoms with Crippen LogP contribution < -0.4 is 10.0 Å². The number of hydrogen-bond donors (Lipinski definition) is 2. The third kappa shape index (κ3) is 5.73. The van der Waals surface area contributed by atoms with Crippen LogP contribution in [0.1, 0.15) is 5.56 Å². The standard InChI is InChI=1S/C21H16FN3O5S/c22-19-3-1-2-4-20(19)24-31(29,30)18-12-8-16(9-13-18)23-21(26)14-7-15-5-10-17(11-6-15)25(27)28/h1-14,24H,(H,23,26)/b14-7+. The Kier molecular flexibility index (Phi) is 6.41. The van der Waals surface area contributed by atoms with E-state index in [4.69, 9.17) is 0 Å². The second-order valence-corrected chi connectivity index (χ2v) is 7.96. The SMILES string of the molecule is O=C(/C=C/c1ccc([N+](=O)[O-])cc1)Nc1ccc(S(=O)(=O)Nc2ccccc2F)cc1. The van der Waals surface area contributed by atoms with E-state index in [9.17, 15) is 27.7 Å². The maximum Gasteiger partial charge on any atom is 0.269 e. The molecule has 3 aromatic rings. The molecule has 0 fully saturated rings. The monoisotopic (exact) mass is 441 g/mol. The number of halogens is 1. The number of non-ortho nitro benzene ring substituents is 1. The maximum atomic E-state index is 13.7. The van der Waals surface area contributed by atoms with Crippen LogP contribution in [0.3, 0.4) is 0 Å². The van der Waals surface area contributed by atoms with Crippen molar-refractivity contribution in [3.63, 3.8) is 0 Å². The predicted molar refractivity (Wildman–Crippen MR) is 114 cm³/mol. The van der Waals surface area contributed by atoms with Crippen LogP contribution in [-0.2, 0) is 14.8 Å². The van der Waals surface area contributed by atoms with E-state index >= 15 is 0 Å². The second-order valence-electron chi connectivity index (χ2n) is 6.28. The first-order valence-corrected chi connectivity index (χ1v) is 10.3. The molecule has 0 bridgehead atoms. The largest absolute Gasteiger partial charge is 0.323 e. The summed E-state index contributed by atoms with van der Waals surface area (Å²) in [6, 6.07) is 16.4. The van der Waals surface area contributed by atoms with Crippen LogP contribution >= 0.6 is 0 Å². The Labute approximate surface area is 177 Å². The Hall–Kier alpha value is -4.05. The lowest BCUT2D eigenvalue weighted by Crippen LogP contribution is -2.14. The molecule has 3 rings (SSSR count). The number of nitrogens with zero attached hydrogens (tertiary/aromatic N) is 1. The number of carbonyl (C=O) groups is 1. The Balaban J connectivity index is 1.63. The Morgan fingerprint density at radius 2 is 1.61 bits per heavy atom. The molecule has 0 radical (unpaired) electrons. The molecular formula is C21H16FN3O5S. The van der Waals surface area contributed by atoms with Gasteiger partial charge in [-0.1, -0.05) is 12.1 Å². The van der Waals surface area contributed by atoms with E-state index in [1.807, 2.05) is 0 Å². The first-order chi connectivity index (χ1) is 14.7. The second kappa shape index (κ2) is 9.18. The van der Waals surface area contributed by atoms with E-state index in [1.54, 1.807) is 0 Å². The third-order valence-corrected chi connectivity index (χ3v) is 5.46. The maximum absolute atomic E-state index is 13.7. The quantitative estimate of drug-likeness (QED) is 0.324. The van der Waals surface area contributed by atoms with Crippen LogP contribution in [0.15, 0.2) is 83.8 Å². The van der Waals surface area contributed by atoms with Crippen LogP contribution in [-0.4, -0.2) is 19.2 Å². The number of hydrogen-bond acceptors (Lipinski definition) is 5. The van der Waals surface area contributed by atoms with Crippen molar-refractivity contribution in [1.82, 2.24) is 0 Å². The summed E-state index contributed by atoms with van der Waals surface area (Å²) < 4.78 is 40.6. The van der Waals surface area contributed by atoms with Gasteiger partial charge in [0.05, 0.1) is 15.5 Å². The average Bonchev–Trinajstić information content (AvgIpc) is 2.74. The van der Waals surface area contributed by atoms with E-state index in [0.29, 0.717) is 11.3 Å². The zero-order valence-corrected chi connectivity index (χ0v) is 16.7. The van der Waals surface area contributed by atoms with Gasteiger partial charge in [0.15, 0.2) is 0 Å². The lowest BCUT2D eigenvalue weighted by Gasteiger charge is -2.09. The smallest absolute Gasteiger partial charge is 0.269 e. The van der Waals surface area contributed by atoms with Gasteiger partial charge in [0, 0.05) is 23.9 Å². The lowest BCUT2D eigenvalue weighted by atomic mass is 10.2. The molecule has 0 atom stereocenters. The molecule has 10 heteroatoms. The number of carbonyl (C=O) groups excluding carboxylic acids is 1. The van der Waals surface area contributed by atoms with Crippen LogP contribution in [0.2, 0.25) is 0 Å². The molecule has 2 N–H and O–H groups in total. The number of para-hydroxylation sites is 1. The lowest BCUT2D eigenvalue weighted by molar-refractivity contribution is -0.384. The highest BCUT2D eigenvalue weighted by Gasteiger charge is 2.16. The zero-order valence-electron chi connectivity index (χ0n) is 15.9. The molecule has 0 unspecified atom stereocenters. The van der Waals surface area contributed by atoms with Gasteiger partial charge in [-0.15, -0.1) is 0 Å². The summed E-state index contributed by atoms with van der Waals surface area (Å²) in [7, 11) is -4.00. The molecule has 3 aromatic carbocycles. The highest BCUT2D eigenvalue weighted by atomic mass is 32.2. The van der Waals surface area contributed by atoms with E-state index in [2.05, 4.69) is 10.0 Å². The van der Waals surface area contributed by atoms with Gasteiger partial charge in [0.25, 0.3) is 15.7 Å². The average molecular weight is 441 g/mol. The molecule has 0 aromatic heterocycles. The Bertz CT molecular complexity index is 1240. The van der Waals surface area contributed by atoms with E-state index in [-0.39, 0.29) is 16.3 Å². The fraction of sp³-hybridized carbons (Fsp3) is 0. The van der Waals surface area contributed by atoms with E-state index in [0.717, 1.165) is 6.07 Å². The van der Waals surface area contributed by atoms with Crippen molar-refractivity contribution in [3.05, 3.63) is 100 Å². The summed E-state index contributed by atoms with van der Waals surface area (Å²) in [6.07, 6.45) is 2.72. The number of nitrogens with one attached hydrogen (secondary N) is 2. The minimum Gasteiger partial charge on any atom is -0.323 e. The van der Waals surface area contributed by atoms with Crippen LogP contribution in [0, 0.1) is 15.9 Å². The van der Waals surface area contributed by atoms with Crippen molar-refractivity contribution in [1.29, 1.82) is 0 Å². The molecule has 31 heavy (non-hydrogen) atoms. The molecule has 0 aliphatic heterocycles. The van der Waals surface area contributed by atoms with E-state index in [1.165, 1.54) is 78.9 Å². The first kappa shape index (κ1) is 21.7. The van der Waals surface area contributed by atoms with Crippen LogP contribution in [0.4, 0.5) is 21.5 Å². The molecule has 0 aliphatic rings. The normalized spacial score (nSPS) is 11.3. The number of sulfonamides is 1. The Morgan fingerprint density at radius 3 is 2.23 bits per heavy atom. The van der Waals surface area contributed by atoms with Gasteiger partial charge < -0.3 is 5.32 Å². The van der Waals surface area contributed by atoms with Gasteiger partial charge in [0.1, 0.15) is 5.82 Å². The summed E-state index contributed by atoms with van der Waals surface area (Å²) in [5.41, 5.74) is 0.724. The molecule has 0 spiro atoms. The molecule has 0 aliphatic carbocycles. The van der Waals surface area contributed by atoms with E-state index < -0.39 is 26.7 Å². The number of amides is 1. The van der Waals surface area contributed by atoms with Crippen LogP contribution in [0.25, 0.3) is 6.08 Å². The minimum atomic E-state index is -4.00.